The zero-order chi connectivity index (χ0) is 15.8. The number of esters is 1. The van der Waals surface area contributed by atoms with Gasteiger partial charge in [-0.2, -0.15) is 0 Å². The van der Waals surface area contributed by atoms with E-state index < -0.39 is 5.41 Å². The molecule has 112 valence electrons. The Balaban J connectivity index is 0.00000172. The van der Waals surface area contributed by atoms with E-state index in [1.165, 1.54) is 6.92 Å². The smallest absolute Gasteiger partial charge is 0.302 e. The third-order valence-corrected chi connectivity index (χ3v) is 3.06. The summed E-state index contributed by atoms with van der Waals surface area (Å²) < 4.78 is 5.00. The summed E-state index contributed by atoms with van der Waals surface area (Å²) in [7, 11) is 0. The third-order valence-electron chi connectivity index (χ3n) is 2.40. The summed E-state index contributed by atoms with van der Waals surface area (Å²) in [6, 6.07) is 3.82. The van der Waals surface area contributed by atoms with Crippen LogP contribution in [0.2, 0.25) is 0 Å². The molecule has 1 N–H and O–H groups in total. The monoisotopic (exact) mass is 296 g/mol. The summed E-state index contributed by atoms with van der Waals surface area (Å²) >= 11 is 5.31. The number of hydrogen-bond acceptors (Lipinski definition) is 4. The van der Waals surface area contributed by atoms with Gasteiger partial charge in [0.25, 0.3) is 0 Å². The summed E-state index contributed by atoms with van der Waals surface area (Å²) in [5.41, 5.74) is 0.666. The number of hydrogen-bond donors (Lipinski definition) is 1. The first-order chi connectivity index (χ1) is 9.31. The second-order valence-corrected chi connectivity index (χ2v) is 5.25. The van der Waals surface area contributed by atoms with E-state index >= 15 is 0 Å². The van der Waals surface area contributed by atoms with Gasteiger partial charge in [-0.3, -0.25) is 4.79 Å². The second-order valence-electron chi connectivity index (χ2n) is 4.84. The van der Waals surface area contributed by atoms with Crippen LogP contribution in [0, 0.1) is 12.3 Å². The van der Waals surface area contributed by atoms with Gasteiger partial charge in [-0.05, 0) is 18.6 Å². The molecule has 0 aliphatic rings. The third kappa shape index (κ3) is 6.61. The Morgan fingerprint density at radius 3 is 2.45 bits per heavy atom. The number of rotatable bonds is 4. The number of pyridine rings is 1. The molecule has 0 saturated carbocycles. The van der Waals surface area contributed by atoms with Crippen molar-refractivity contribution in [2.45, 2.75) is 41.5 Å². The van der Waals surface area contributed by atoms with E-state index in [9.17, 15) is 4.79 Å². The van der Waals surface area contributed by atoms with Crippen molar-refractivity contribution in [3.05, 3.63) is 23.9 Å². The van der Waals surface area contributed by atoms with Gasteiger partial charge in [0, 0.05) is 18.5 Å². The van der Waals surface area contributed by atoms with Crippen LogP contribution >= 0.6 is 12.2 Å². The van der Waals surface area contributed by atoms with Gasteiger partial charge in [0.2, 0.25) is 0 Å². The average molecular weight is 296 g/mol. The highest BCUT2D eigenvalue weighted by Crippen LogP contribution is 2.20. The lowest BCUT2D eigenvalue weighted by atomic mass is 9.94. The van der Waals surface area contributed by atoms with Crippen molar-refractivity contribution < 1.29 is 9.53 Å². The molecule has 0 aliphatic heterocycles. The van der Waals surface area contributed by atoms with Crippen molar-refractivity contribution in [3.8, 4) is 0 Å². The fourth-order valence-corrected chi connectivity index (χ4v) is 1.34. The Kier molecular flexibility index (Phi) is 7.99. The van der Waals surface area contributed by atoms with Gasteiger partial charge in [0.1, 0.15) is 12.4 Å². The summed E-state index contributed by atoms with van der Waals surface area (Å²) in [5, 5.41) is 3.06. The van der Waals surface area contributed by atoms with Crippen LogP contribution < -0.4 is 5.32 Å². The predicted octanol–water partition coefficient (Wildman–Crippen LogP) is 3.74. The van der Waals surface area contributed by atoms with E-state index in [-0.39, 0.29) is 12.6 Å². The first-order valence-corrected chi connectivity index (χ1v) is 7.09. The van der Waals surface area contributed by atoms with E-state index in [0.29, 0.717) is 10.8 Å². The molecule has 0 saturated heterocycles. The van der Waals surface area contributed by atoms with Crippen molar-refractivity contribution >= 4 is 29.0 Å². The molecule has 5 heteroatoms. The Labute approximate surface area is 126 Å². The first kappa shape index (κ1) is 18.5. The van der Waals surface area contributed by atoms with E-state index in [2.05, 4.69) is 10.3 Å². The highest BCUT2D eigenvalue weighted by Gasteiger charge is 2.25. The molecule has 0 bridgehead atoms. The summed E-state index contributed by atoms with van der Waals surface area (Å²) in [6.07, 6.45) is 1.77. The van der Waals surface area contributed by atoms with Crippen LogP contribution in [0.25, 0.3) is 0 Å². The standard InChI is InChI=1S/C13H18N2O2S.C2H6/c1-9-5-6-11(14-7-9)15-12(18)13(3,4)8-17-10(2)16;1-2/h5-7H,8H2,1-4H3,(H,14,15,18);1-2H3. The lowest BCUT2D eigenvalue weighted by Crippen LogP contribution is -2.34. The number of nitrogens with zero attached hydrogens (tertiary/aromatic N) is 1. The zero-order valence-electron chi connectivity index (χ0n) is 13.1. The van der Waals surface area contributed by atoms with Crippen LogP contribution in [0.5, 0.6) is 0 Å². The summed E-state index contributed by atoms with van der Waals surface area (Å²) in [6.45, 7) is 11.4. The van der Waals surface area contributed by atoms with Crippen molar-refractivity contribution in [1.29, 1.82) is 0 Å². The highest BCUT2D eigenvalue weighted by atomic mass is 32.1. The molecule has 0 radical (unpaired) electrons. The Bertz CT molecular complexity index is 442. The minimum absolute atomic E-state index is 0.250. The molecule has 0 aliphatic carbocycles. The Hall–Kier alpha value is -1.49. The van der Waals surface area contributed by atoms with E-state index in [1.807, 2.05) is 46.8 Å². The number of ether oxygens (including phenoxy) is 1. The highest BCUT2D eigenvalue weighted by molar-refractivity contribution is 7.80. The SMILES string of the molecule is CC.CC(=O)OCC(C)(C)C(=S)Nc1ccc(C)cn1. The van der Waals surface area contributed by atoms with Gasteiger partial charge in [0.05, 0.1) is 4.99 Å². The van der Waals surface area contributed by atoms with Crippen molar-refractivity contribution in [2.24, 2.45) is 5.41 Å². The summed E-state index contributed by atoms with van der Waals surface area (Å²) in [5.74, 6) is 0.390. The number of aryl methyl sites for hydroxylation is 1. The molecule has 0 unspecified atom stereocenters. The van der Waals surface area contributed by atoms with Crippen LogP contribution in [0.3, 0.4) is 0 Å². The van der Waals surface area contributed by atoms with E-state index in [0.717, 1.165) is 5.56 Å². The lowest BCUT2D eigenvalue weighted by Gasteiger charge is -2.25. The predicted molar refractivity (Wildman–Crippen MR) is 87.0 cm³/mol. The number of carbonyl (C=O) groups excluding carboxylic acids is 1. The van der Waals surface area contributed by atoms with Crippen LogP contribution in [-0.2, 0) is 9.53 Å². The molecule has 0 aromatic carbocycles. The fourth-order valence-electron chi connectivity index (χ4n) is 1.17. The number of anilines is 1. The largest absolute Gasteiger partial charge is 0.465 e. The van der Waals surface area contributed by atoms with E-state index in [4.69, 9.17) is 17.0 Å². The molecule has 0 spiro atoms. The van der Waals surface area contributed by atoms with Gasteiger partial charge < -0.3 is 10.1 Å². The number of nitrogens with one attached hydrogen (secondary N) is 1. The fraction of sp³-hybridized carbons (Fsp3) is 0.533. The molecule has 0 amide bonds. The molecule has 1 aromatic heterocycles. The maximum Gasteiger partial charge on any atom is 0.302 e. The van der Waals surface area contributed by atoms with Crippen LogP contribution in [0.1, 0.15) is 40.2 Å². The van der Waals surface area contributed by atoms with E-state index in [1.54, 1.807) is 6.20 Å². The first-order valence-electron chi connectivity index (χ1n) is 6.69. The lowest BCUT2D eigenvalue weighted by molar-refractivity contribution is -0.142. The average Bonchev–Trinajstić information content (AvgIpc) is 2.41. The van der Waals surface area contributed by atoms with Crippen LogP contribution in [-0.4, -0.2) is 22.5 Å². The van der Waals surface area contributed by atoms with Crippen molar-refractivity contribution in [3.63, 3.8) is 0 Å². The van der Waals surface area contributed by atoms with Gasteiger partial charge in [0.15, 0.2) is 0 Å². The number of thiocarbonyl (C=S) groups is 1. The Morgan fingerprint density at radius 2 is 2.00 bits per heavy atom. The zero-order valence-corrected chi connectivity index (χ0v) is 13.9. The minimum atomic E-state index is -0.423. The molecule has 1 heterocycles. The van der Waals surface area contributed by atoms with Gasteiger partial charge >= 0.3 is 5.97 Å². The molecular formula is C15H24N2O2S. The molecular weight excluding hydrogens is 272 g/mol. The molecule has 20 heavy (non-hydrogen) atoms. The number of aromatic nitrogens is 1. The molecule has 1 aromatic rings. The number of carbonyl (C=O) groups is 1. The quantitative estimate of drug-likeness (QED) is 0.677. The van der Waals surface area contributed by atoms with Crippen LogP contribution in [0.15, 0.2) is 18.3 Å². The van der Waals surface area contributed by atoms with Gasteiger partial charge in [-0.15, -0.1) is 0 Å². The maximum atomic E-state index is 10.8. The van der Waals surface area contributed by atoms with Gasteiger partial charge in [-0.1, -0.05) is 46.0 Å². The summed E-state index contributed by atoms with van der Waals surface area (Å²) in [4.78, 5) is 15.6. The molecule has 1 rings (SSSR count). The maximum absolute atomic E-state index is 10.8. The topological polar surface area (TPSA) is 51.2 Å². The molecule has 0 atom stereocenters. The van der Waals surface area contributed by atoms with Crippen molar-refractivity contribution in [2.75, 3.05) is 11.9 Å². The normalized spacial score (nSPS) is 10.1. The molecule has 0 fully saturated rings. The molecule has 4 nitrogen and oxygen atoms in total. The second kappa shape index (κ2) is 8.64. The van der Waals surface area contributed by atoms with Crippen LogP contribution in [0.4, 0.5) is 5.82 Å². The Morgan fingerprint density at radius 1 is 1.40 bits per heavy atom. The van der Waals surface area contributed by atoms with Gasteiger partial charge in [-0.25, -0.2) is 4.98 Å². The minimum Gasteiger partial charge on any atom is -0.465 e. The van der Waals surface area contributed by atoms with Crippen molar-refractivity contribution in [1.82, 2.24) is 4.98 Å².